The number of rotatable bonds is 3. The molecule has 1 heterocycles. The lowest BCUT2D eigenvalue weighted by Gasteiger charge is -2.34. The third kappa shape index (κ3) is 2.88. The van der Waals surface area contributed by atoms with Crippen LogP contribution < -0.4 is 10.6 Å². The maximum absolute atomic E-state index is 12.3. The predicted molar refractivity (Wildman–Crippen MR) is 81.0 cm³/mol. The van der Waals surface area contributed by atoms with Gasteiger partial charge in [0.1, 0.15) is 0 Å². The Morgan fingerprint density at radius 2 is 2.15 bits per heavy atom. The summed E-state index contributed by atoms with van der Waals surface area (Å²) in [7, 11) is 0. The van der Waals surface area contributed by atoms with Crippen molar-refractivity contribution in [2.45, 2.75) is 39.0 Å². The van der Waals surface area contributed by atoms with Crippen molar-refractivity contribution in [1.82, 2.24) is 10.6 Å². The number of aryl methyl sites for hydroxylation is 2. The van der Waals surface area contributed by atoms with Crippen molar-refractivity contribution in [2.24, 2.45) is 5.41 Å². The smallest absolute Gasteiger partial charge is 0.251 e. The zero-order valence-corrected chi connectivity index (χ0v) is 12.3. The molecule has 1 aromatic rings. The van der Waals surface area contributed by atoms with Crippen molar-refractivity contribution in [3.05, 3.63) is 34.9 Å². The van der Waals surface area contributed by atoms with Gasteiger partial charge in [-0.15, -0.1) is 0 Å². The number of benzene rings is 1. The number of amides is 1. The van der Waals surface area contributed by atoms with Crippen LogP contribution in [0.1, 0.15) is 47.7 Å². The molecule has 0 saturated carbocycles. The van der Waals surface area contributed by atoms with Gasteiger partial charge in [0.05, 0.1) is 0 Å². The largest absolute Gasteiger partial charge is 0.351 e. The van der Waals surface area contributed by atoms with Crippen LogP contribution in [0.25, 0.3) is 0 Å². The summed E-state index contributed by atoms with van der Waals surface area (Å²) < 4.78 is 0. The maximum atomic E-state index is 12.3. The molecule has 1 aliphatic carbocycles. The van der Waals surface area contributed by atoms with E-state index in [0.29, 0.717) is 0 Å². The summed E-state index contributed by atoms with van der Waals surface area (Å²) >= 11 is 0. The van der Waals surface area contributed by atoms with Gasteiger partial charge >= 0.3 is 0 Å². The predicted octanol–water partition coefficient (Wildman–Crippen LogP) is 2.29. The lowest BCUT2D eigenvalue weighted by atomic mass is 9.83. The molecule has 1 atom stereocenters. The van der Waals surface area contributed by atoms with Crippen LogP contribution >= 0.6 is 0 Å². The van der Waals surface area contributed by atoms with Crippen molar-refractivity contribution in [3.8, 4) is 0 Å². The zero-order chi connectivity index (χ0) is 14.0. The molecule has 3 heteroatoms. The van der Waals surface area contributed by atoms with Crippen LogP contribution in [0.15, 0.2) is 18.2 Å². The van der Waals surface area contributed by atoms with Crippen LogP contribution in [0.3, 0.4) is 0 Å². The van der Waals surface area contributed by atoms with E-state index >= 15 is 0 Å². The van der Waals surface area contributed by atoms with E-state index in [4.69, 9.17) is 0 Å². The minimum atomic E-state index is 0.0755. The molecule has 2 aliphatic rings. The number of nitrogens with one attached hydrogen (secondary N) is 2. The molecule has 0 radical (unpaired) electrons. The van der Waals surface area contributed by atoms with Crippen molar-refractivity contribution >= 4 is 5.91 Å². The Hall–Kier alpha value is -1.35. The first-order chi connectivity index (χ1) is 9.66. The quantitative estimate of drug-likeness (QED) is 0.886. The summed E-state index contributed by atoms with van der Waals surface area (Å²) in [5.41, 5.74) is 3.80. The van der Waals surface area contributed by atoms with E-state index in [-0.39, 0.29) is 11.3 Å². The third-order valence-corrected chi connectivity index (χ3v) is 4.72. The molecular formula is C17H24N2O. The van der Waals surface area contributed by atoms with Gasteiger partial charge in [-0.1, -0.05) is 13.0 Å². The molecule has 3 nitrogen and oxygen atoms in total. The van der Waals surface area contributed by atoms with Crippen molar-refractivity contribution in [1.29, 1.82) is 0 Å². The van der Waals surface area contributed by atoms with E-state index in [1.165, 1.54) is 36.8 Å². The summed E-state index contributed by atoms with van der Waals surface area (Å²) in [4.78, 5) is 12.3. The van der Waals surface area contributed by atoms with Crippen LogP contribution in [0, 0.1) is 5.41 Å². The van der Waals surface area contributed by atoms with Gasteiger partial charge < -0.3 is 10.6 Å². The van der Waals surface area contributed by atoms with Crippen molar-refractivity contribution < 1.29 is 4.79 Å². The molecule has 0 bridgehead atoms. The minimum Gasteiger partial charge on any atom is -0.351 e. The summed E-state index contributed by atoms with van der Waals surface area (Å²) in [5.74, 6) is 0.0755. The maximum Gasteiger partial charge on any atom is 0.251 e. The molecule has 108 valence electrons. The van der Waals surface area contributed by atoms with Crippen LogP contribution in [-0.4, -0.2) is 25.5 Å². The monoisotopic (exact) mass is 272 g/mol. The lowest BCUT2D eigenvalue weighted by molar-refractivity contribution is 0.0924. The average Bonchev–Trinajstić information content (AvgIpc) is 2.93. The number of hydrogen-bond acceptors (Lipinski definition) is 2. The van der Waals surface area contributed by atoms with Gasteiger partial charge in [0, 0.05) is 18.7 Å². The standard InChI is InChI=1S/C17H24N2O/c1-17(8-3-9-18-11-17)12-19-16(20)15-7-6-13-4-2-5-14(13)10-15/h6-7,10,18H,2-5,8-9,11-12H2,1H3,(H,19,20). The molecule has 1 aromatic carbocycles. The van der Waals surface area contributed by atoms with Crippen LogP contribution in [0.5, 0.6) is 0 Å². The highest BCUT2D eigenvalue weighted by Gasteiger charge is 2.27. The van der Waals surface area contributed by atoms with Gasteiger partial charge in [-0.3, -0.25) is 4.79 Å². The SMILES string of the molecule is CC1(CNC(=O)c2ccc3c(c2)CCC3)CCCNC1. The second kappa shape index (κ2) is 5.57. The third-order valence-electron chi connectivity index (χ3n) is 4.72. The first-order valence-electron chi connectivity index (χ1n) is 7.77. The molecule has 1 saturated heterocycles. The number of carbonyl (C=O) groups excluding carboxylic acids is 1. The Balaban J connectivity index is 1.61. The highest BCUT2D eigenvalue weighted by atomic mass is 16.1. The molecule has 3 rings (SSSR count). The van der Waals surface area contributed by atoms with Crippen molar-refractivity contribution in [3.63, 3.8) is 0 Å². The van der Waals surface area contributed by atoms with Crippen LogP contribution in [0.2, 0.25) is 0 Å². The molecule has 2 N–H and O–H groups in total. The van der Waals surface area contributed by atoms with E-state index in [2.05, 4.69) is 29.7 Å². The number of carbonyl (C=O) groups is 1. The fourth-order valence-corrected chi connectivity index (χ4v) is 3.38. The fraction of sp³-hybridized carbons (Fsp3) is 0.588. The van der Waals surface area contributed by atoms with Crippen LogP contribution in [-0.2, 0) is 12.8 Å². The molecule has 20 heavy (non-hydrogen) atoms. The van der Waals surface area contributed by atoms with E-state index in [1.807, 2.05) is 6.07 Å². The van der Waals surface area contributed by atoms with Gasteiger partial charge in [-0.05, 0) is 67.3 Å². The Bertz CT molecular complexity index is 504. The molecule has 1 unspecified atom stereocenters. The molecule has 1 fully saturated rings. The van der Waals surface area contributed by atoms with Gasteiger partial charge in [0.2, 0.25) is 0 Å². The lowest BCUT2D eigenvalue weighted by Crippen LogP contribution is -2.45. The van der Waals surface area contributed by atoms with Gasteiger partial charge in [-0.2, -0.15) is 0 Å². The Morgan fingerprint density at radius 3 is 2.95 bits per heavy atom. The second-order valence-electron chi connectivity index (χ2n) is 6.61. The first-order valence-corrected chi connectivity index (χ1v) is 7.77. The summed E-state index contributed by atoms with van der Waals surface area (Å²) in [5, 5.41) is 6.54. The summed E-state index contributed by atoms with van der Waals surface area (Å²) in [6, 6.07) is 6.18. The molecule has 1 aliphatic heterocycles. The number of hydrogen-bond donors (Lipinski definition) is 2. The highest BCUT2D eigenvalue weighted by molar-refractivity contribution is 5.94. The fourth-order valence-electron chi connectivity index (χ4n) is 3.38. The number of piperidine rings is 1. The molecule has 1 amide bonds. The Labute approximate surface area is 121 Å². The van der Waals surface area contributed by atoms with E-state index in [9.17, 15) is 4.79 Å². The molecule has 0 spiro atoms. The average molecular weight is 272 g/mol. The Kier molecular flexibility index (Phi) is 3.79. The van der Waals surface area contributed by atoms with E-state index < -0.39 is 0 Å². The van der Waals surface area contributed by atoms with Gasteiger partial charge in [0.25, 0.3) is 5.91 Å². The minimum absolute atomic E-state index is 0.0755. The van der Waals surface area contributed by atoms with Gasteiger partial charge in [-0.25, -0.2) is 0 Å². The normalized spacial score (nSPS) is 25.2. The van der Waals surface area contributed by atoms with E-state index in [0.717, 1.165) is 31.6 Å². The summed E-state index contributed by atoms with van der Waals surface area (Å²) in [6.07, 6.45) is 5.90. The van der Waals surface area contributed by atoms with Crippen LogP contribution in [0.4, 0.5) is 0 Å². The second-order valence-corrected chi connectivity index (χ2v) is 6.61. The molecule has 0 aromatic heterocycles. The van der Waals surface area contributed by atoms with Gasteiger partial charge in [0.15, 0.2) is 0 Å². The topological polar surface area (TPSA) is 41.1 Å². The zero-order valence-electron chi connectivity index (χ0n) is 12.3. The van der Waals surface area contributed by atoms with E-state index in [1.54, 1.807) is 0 Å². The van der Waals surface area contributed by atoms with Crippen molar-refractivity contribution in [2.75, 3.05) is 19.6 Å². The summed E-state index contributed by atoms with van der Waals surface area (Å²) in [6.45, 7) is 5.11. The Morgan fingerprint density at radius 1 is 1.30 bits per heavy atom. The highest BCUT2D eigenvalue weighted by Crippen LogP contribution is 2.25. The molecular weight excluding hydrogens is 248 g/mol. The first kappa shape index (κ1) is 13.6. The number of fused-ring (bicyclic) bond motifs is 1.